The summed E-state index contributed by atoms with van der Waals surface area (Å²) in [7, 11) is -1.87. The molecule has 6 heteroatoms. The van der Waals surface area contributed by atoms with Gasteiger partial charge in [0.15, 0.2) is 0 Å². The first-order chi connectivity index (χ1) is 9.85. The number of benzene rings is 1. The number of hydrogen-bond donors (Lipinski definition) is 2. The fourth-order valence-electron chi connectivity index (χ4n) is 2.11. The second kappa shape index (κ2) is 5.91. The molecule has 0 aliphatic rings. The second-order valence-corrected chi connectivity index (χ2v) is 6.67. The van der Waals surface area contributed by atoms with Crippen LogP contribution in [0.15, 0.2) is 33.6 Å². The molecule has 1 heterocycles. The van der Waals surface area contributed by atoms with Crippen LogP contribution in [0.25, 0.3) is 0 Å². The van der Waals surface area contributed by atoms with E-state index in [9.17, 15) is 8.42 Å². The Morgan fingerprint density at radius 1 is 1.19 bits per heavy atom. The highest BCUT2D eigenvalue weighted by Crippen LogP contribution is 2.25. The molecule has 5 nitrogen and oxygen atoms in total. The SMILES string of the molecule is CNCc1cc(S(=O)(=O)Nc2cccc(C)c2C)c(C)o1. The number of sulfonamides is 1. The normalized spacial score (nSPS) is 11.6. The van der Waals surface area contributed by atoms with Gasteiger partial charge in [-0.25, -0.2) is 8.42 Å². The highest BCUT2D eigenvalue weighted by atomic mass is 32.2. The summed E-state index contributed by atoms with van der Waals surface area (Å²) >= 11 is 0. The van der Waals surface area contributed by atoms with Gasteiger partial charge in [0.1, 0.15) is 16.4 Å². The topological polar surface area (TPSA) is 71.3 Å². The van der Waals surface area contributed by atoms with Gasteiger partial charge in [0.05, 0.1) is 12.2 Å². The molecule has 0 spiro atoms. The third-order valence-electron chi connectivity index (χ3n) is 3.41. The summed E-state index contributed by atoms with van der Waals surface area (Å²) in [6.07, 6.45) is 0. The average molecular weight is 308 g/mol. The maximum atomic E-state index is 12.5. The highest BCUT2D eigenvalue weighted by molar-refractivity contribution is 7.92. The van der Waals surface area contributed by atoms with Crippen LogP contribution in [0.3, 0.4) is 0 Å². The van der Waals surface area contributed by atoms with Crippen molar-refractivity contribution >= 4 is 15.7 Å². The van der Waals surface area contributed by atoms with Gasteiger partial charge in [-0.15, -0.1) is 0 Å². The molecule has 0 bridgehead atoms. The molecule has 0 aliphatic carbocycles. The molecule has 21 heavy (non-hydrogen) atoms. The van der Waals surface area contributed by atoms with Crippen LogP contribution in [0, 0.1) is 20.8 Å². The van der Waals surface area contributed by atoms with Crippen LogP contribution < -0.4 is 10.0 Å². The number of hydrogen-bond acceptors (Lipinski definition) is 4. The van der Waals surface area contributed by atoms with E-state index < -0.39 is 10.0 Å². The molecule has 2 rings (SSSR count). The fourth-order valence-corrected chi connectivity index (χ4v) is 3.44. The van der Waals surface area contributed by atoms with Crippen LogP contribution in [-0.2, 0) is 16.6 Å². The Morgan fingerprint density at radius 2 is 1.90 bits per heavy atom. The molecule has 1 aromatic carbocycles. The fraction of sp³-hybridized carbons (Fsp3) is 0.333. The van der Waals surface area contributed by atoms with E-state index in [1.807, 2.05) is 26.0 Å². The van der Waals surface area contributed by atoms with Crippen molar-refractivity contribution in [2.24, 2.45) is 0 Å². The first kappa shape index (κ1) is 15.6. The Bertz CT molecular complexity index is 748. The molecule has 114 valence electrons. The van der Waals surface area contributed by atoms with E-state index in [0.717, 1.165) is 11.1 Å². The number of furan rings is 1. The monoisotopic (exact) mass is 308 g/mol. The molecule has 1 aromatic heterocycles. The van der Waals surface area contributed by atoms with Crippen molar-refractivity contribution < 1.29 is 12.8 Å². The standard InChI is InChI=1S/C15H20N2O3S/c1-10-6-5-7-14(11(10)2)17-21(18,19)15-8-13(9-16-4)20-12(15)3/h5-8,16-17H,9H2,1-4H3. The molecular formula is C15H20N2O3S. The van der Waals surface area contributed by atoms with E-state index in [1.165, 1.54) is 0 Å². The summed E-state index contributed by atoms with van der Waals surface area (Å²) in [6.45, 7) is 5.97. The lowest BCUT2D eigenvalue weighted by Gasteiger charge is -2.11. The number of aryl methyl sites for hydroxylation is 2. The lowest BCUT2D eigenvalue weighted by atomic mass is 10.1. The zero-order valence-corrected chi connectivity index (χ0v) is 13.5. The predicted octanol–water partition coefficient (Wildman–Crippen LogP) is 2.73. The van der Waals surface area contributed by atoms with Gasteiger partial charge >= 0.3 is 0 Å². The van der Waals surface area contributed by atoms with Crippen LogP contribution >= 0.6 is 0 Å². The zero-order chi connectivity index (χ0) is 15.6. The van der Waals surface area contributed by atoms with Gasteiger partial charge in [-0.1, -0.05) is 12.1 Å². The summed E-state index contributed by atoms with van der Waals surface area (Å²) < 4.78 is 33.1. The van der Waals surface area contributed by atoms with Gasteiger partial charge in [-0.05, 0) is 45.0 Å². The molecule has 0 saturated heterocycles. The van der Waals surface area contributed by atoms with E-state index in [2.05, 4.69) is 10.0 Å². The number of anilines is 1. The van der Waals surface area contributed by atoms with Crippen LogP contribution in [0.4, 0.5) is 5.69 Å². The van der Waals surface area contributed by atoms with Crippen molar-refractivity contribution in [3.8, 4) is 0 Å². The summed E-state index contributed by atoms with van der Waals surface area (Å²) in [5.74, 6) is 0.981. The molecule has 0 saturated carbocycles. The number of nitrogens with one attached hydrogen (secondary N) is 2. The Balaban J connectivity index is 2.36. The van der Waals surface area contributed by atoms with Crippen LogP contribution in [0.5, 0.6) is 0 Å². The largest absolute Gasteiger partial charge is 0.464 e. The van der Waals surface area contributed by atoms with E-state index >= 15 is 0 Å². The van der Waals surface area contributed by atoms with Crippen LogP contribution in [-0.4, -0.2) is 15.5 Å². The first-order valence-electron chi connectivity index (χ1n) is 6.68. The van der Waals surface area contributed by atoms with Crippen LogP contribution in [0.1, 0.15) is 22.6 Å². The molecule has 0 radical (unpaired) electrons. The maximum absolute atomic E-state index is 12.5. The lowest BCUT2D eigenvalue weighted by molar-refractivity contribution is 0.466. The van der Waals surface area contributed by atoms with Crippen molar-refractivity contribution in [2.75, 3.05) is 11.8 Å². The van der Waals surface area contributed by atoms with Crippen molar-refractivity contribution in [1.29, 1.82) is 0 Å². The van der Waals surface area contributed by atoms with Gasteiger partial charge in [0, 0.05) is 6.07 Å². The van der Waals surface area contributed by atoms with Crippen molar-refractivity contribution in [3.05, 3.63) is 46.9 Å². The van der Waals surface area contributed by atoms with Gasteiger partial charge in [-0.2, -0.15) is 0 Å². The van der Waals surface area contributed by atoms with Crippen molar-refractivity contribution in [2.45, 2.75) is 32.2 Å². The Hall–Kier alpha value is -1.79. The van der Waals surface area contributed by atoms with E-state index in [-0.39, 0.29) is 4.90 Å². The highest BCUT2D eigenvalue weighted by Gasteiger charge is 2.22. The summed E-state index contributed by atoms with van der Waals surface area (Å²) in [5.41, 5.74) is 2.54. The molecule has 0 amide bonds. The predicted molar refractivity (Wildman–Crippen MR) is 82.9 cm³/mol. The Morgan fingerprint density at radius 3 is 2.57 bits per heavy atom. The molecule has 0 atom stereocenters. The van der Waals surface area contributed by atoms with E-state index in [4.69, 9.17) is 4.42 Å². The zero-order valence-electron chi connectivity index (χ0n) is 12.6. The number of rotatable bonds is 5. The summed E-state index contributed by atoms with van der Waals surface area (Å²) in [6, 6.07) is 7.08. The molecule has 2 N–H and O–H groups in total. The van der Waals surface area contributed by atoms with Crippen LogP contribution in [0.2, 0.25) is 0 Å². The average Bonchev–Trinajstić information content (AvgIpc) is 2.77. The Kier molecular flexibility index (Phi) is 4.39. The third kappa shape index (κ3) is 3.28. The van der Waals surface area contributed by atoms with Gasteiger partial charge in [0.2, 0.25) is 0 Å². The van der Waals surface area contributed by atoms with Gasteiger partial charge in [-0.3, -0.25) is 4.72 Å². The second-order valence-electron chi connectivity index (χ2n) is 5.02. The minimum absolute atomic E-state index is 0.175. The molecule has 0 fully saturated rings. The minimum atomic E-state index is -3.65. The smallest absolute Gasteiger partial charge is 0.265 e. The molecule has 2 aromatic rings. The Labute approximate surface area is 125 Å². The van der Waals surface area contributed by atoms with E-state index in [0.29, 0.717) is 23.8 Å². The van der Waals surface area contributed by atoms with Crippen molar-refractivity contribution in [3.63, 3.8) is 0 Å². The first-order valence-corrected chi connectivity index (χ1v) is 8.16. The molecular weight excluding hydrogens is 288 g/mol. The van der Waals surface area contributed by atoms with Gasteiger partial charge < -0.3 is 9.73 Å². The molecule has 0 aliphatic heterocycles. The van der Waals surface area contributed by atoms with E-state index in [1.54, 1.807) is 26.1 Å². The minimum Gasteiger partial charge on any atom is -0.464 e. The lowest BCUT2D eigenvalue weighted by Crippen LogP contribution is -2.14. The van der Waals surface area contributed by atoms with Gasteiger partial charge in [0.25, 0.3) is 10.0 Å². The quantitative estimate of drug-likeness (QED) is 0.891. The third-order valence-corrected chi connectivity index (χ3v) is 4.89. The van der Waals surface area contributed by atoms with Crippen molar-refractivity contribution in [1.82, 2.24) is 5.32 Å². The summed E-state index contributed by atoms with van der Waals surface area (Å²) in [5, 5.41) is 2.93. The molecule has 0 unspecified atom stereocenters. The maximum Gasteiger partial charge on any atom is 0.265 e. The summed E-state index contributed by atoms with van der Waals surface area (Å²) in [4.78, 5) is 0.175.